The number of rotatable bonds is 7. The van der Waals surface area contributed by atoms with Crippen LogP contribution >= 0.6 is 0 Å². The first-order chi connectivity index (χ1) is 6.99. The van der Waals surface area contributed by atoms with Gasteiger partial charge in [0.2, 0.25) is 5.91 Å². The molecule has 0 aromatic carbocycles. The molecule has 0 rings (SSSR count). The molecule has 1 atom stereocenters. The van der Waals surface area contributed by atoms with Crippen molar-refractivity contribution < 1.29 is 4.79 Å². The summed E-state index contributed by atoms with van der Waals surface area (Å²) >= 11 is 0. The maximum absolute atomic E-state index is 11.7. The molecule has 0 bridgehead atoms. The molecule has 0 saturated heterocycles. The van der Waals surface area contributed by atoms with Crippen molar-refractivity contribution in [1.29, 1.82) is 0 Å². The minimum atomic E-state index is 0.191. The molecule has 1 unspecified atom stereocenters. The minimum Gasteiger partial charge on any atom is -0.342 e. The van der Waals surface area contributed by atoms with Gasteiger partial charge < -0.3 is 10.2 Å². The molecular weight excluding hydrogens is 188 g/mol. The molecule has 0 spiro atoms. The Morgan fingerprint density at radius 3 is 2.40 bits per heavy atom. The average Bonchev–Trinajstić information content (AvgIpc) is 2.15. The second-order valence-electron chi connectivity index (χ2n) is 4.66. The largest absolute Gasteiger partial charge is 0.342 e. The number of carbonyl (C=O) groups excluding carboxylic acids is 1. The second kappa shape index (κ2) is 7.69. The Kier molecular flexibility index (Phi) is 7.39. The number of hydrogen-bond acceptors (Lipinski definition) is 2. The van der Waals surface area contributed by atoms with Crippen LogP contribution in [0.25, 0.3) is 0 Å². The maximum Gasteiger partial charge on any atom is 0.236 e. The van der Waals surface area contributed by atoms with Gasteiger partial charge in [0.25, 0.3) is 0 Å². The first-order valence-electron chi connectivity index (χ1n) is 5.95. The van der Waals surface area contributed by atoms with Gasteiger partial charge in [-0.1, -0.05) is 20.8 Å². The van der Waals surface area contributed by atoms with Crippen LogP contribution in [0, 0.1) is 5.92 Å². The Morgan fingerprint density at radius 1 is 1.33 bits per heavy atom. The van der Waals surface area contributed by atoms with Crippen molar-refractivity contribution in [3.05, 3.63) is 0 Å². The summed E-state index contributed by atoms with van der Waals surface area (Å²) < 4.78 is 0. The summed E-state index contributed by atoms with van der Waals surface area (Å²) in [6, 6.07) is 0.334. The van der Waals surface area contributed by atoms with Gasteiger partial charge in [-0.05, 0) is 32.2 Å². The Bertz CT molecular complexity index is 180. The van der Waals surface area contributed by atoms with Gasteiger partial charge in [0.1, 0.15) is 0 Å². The molecule has 0 radical (unpaired) electrons. The lowest BCUT2D eigenvalue weighted by molar-refractivity contribution is -0.130. The van der Waals surface area contributed by atoms with Crippen LogP contribution in [-0.4, -0.2) is 37.0 Å². The van der Waals surface area contributed by atoms with Crippen molar-refractivity contribution in [1.82, 2.24) is 10.2 Å². The second-order valence-corrected chi connectivity index (χ2v) is 4.66. The molecule has 0 fully saturated rings. The van der Waals surface area contributed by atoms with E-state index in [1.54, 1.807) is 0 Å². The SMILES string of the molecule is CCCNCC(=O)N(C)C(C)CC(C)C. The number of likely N-dealkylation sites (N-methyl/N-ethyl adjacent to an activating group) is 1. The number of nitrogens with zero attached hydrogens (tertiary/aromatic N) is 1. The third-order valence-corrected chi connectivity index (χ3v) is 2.57. The smallest absolute Gasteiger partial charge is 0.236 e. The van der Waals surface area contributed by atoms with Crippen molar-refractivity contribution in [3.63, 3.8) is 0 Å². The lowest BCUT2D eigenvalue weighted by Crippen LogP contribution is -2.41. The highest BCUT2D eigenvalue weighted by molar-refractivity contribution is 5.78. The summed E-state index contributed by atoms with van der Waals surface area (Å²) in [5.41, 5.74) is 0. The average molecular weight is 214 g/mol. The molecule has 90 valence electrons. The minimum absolute atomic E-state index is 0.191. The molecule has 1 amide bonds. The standard InChI is InChI=1S/C12H26N2O/c1-6-7-13-9-12(15)14(5)11(4)8-10(2)3/h10-11,13H,6-9H2,1-5H3. The van der Waals surface area contributed by atoms with Gasteiger partial charge in [0.15, 0.2) is 0 Å². The van der Waals surface area contributed by atoms with Crippen molar-refractivity contribution in [2.75, 3.05) is 20.1 Å². The molecule has 0 saturated carbocycles. The van der Waals surface area contributed by atoms with Gasteiger partial charge in [0.05, 0.1) is 6.54 Å². The summed E-state index contributed by atoms with van der Waals surface area (Å²) in [6.07, 6.45) is 2.13. The fraction of sp³-hybridized carbons (Fsp3) is 0.917. The zero-order chi connectivity index (χ0) is 11.8. The van der Waals surface area contributed by atoms with E-state index in [1.807, 2.05) is 11.9 Å². The van der Waals surface area contributed by atoms with Crippen molar-refractivity contribution >= 4 is 5.91 Å². The van der Waals surface area contributed by atoms with E-state index in [9.17, 15) is 4.79 Å². The molecule has 1 N–H and O–H groups in total. The van der Waals surface area contributed by atoms with E-state index in [1.165, 1.54) is 0 Å². The molecule has 15 heavy (non-hydrogen) atoms. The first kappa shape index (κ1) is 14.4. The van der Waals surface area contributed by atoms with E-state index in [-0.39, 0.29) is 5.91 Å². The Hall–Kier alpha value is -0.570. The van der Waals surface area contributed by atoms with Gasteiger partial charge in [-0.2, -0.15) is 0 Å². The van der Waals surface area contributed by atoms with Crippen LogP contribution < -0.4 is 5.32 Å². The monoisotopic (exact) mass is 214 g/mol. The lowest BCUT2D eigenvalue weighted by atomic mass is 10.0. The Labute approximate surface area is 94.2 Å². The fourth-order valence-electron chi connectivity index (χ4n) is 1.58. The molecule has 0 aliphatic heterocycles. The quantitative estimate of drug-likeness (QED) is 0.656. The molecule has 0 aliphatic rings. The van der Waals surface area contributed by atoms with Crippen molar-refractivity contribution in [2.24, 2.45) is 5.92 Å². The predicted octanol–water partition coefficient (Wildman–Crippen LogP) is 1.88. The third kappa shape index (κ3) is 6.50. The highest BCUT2D eigenvalue weighted by Gasteiger charge is 2.15. The first-order valence-corrected chi connectivity index (χ1v) is 5.95. The summed E-state index contributed by atoms with van der Waals surface area (Å²) in [5.74, 6) is 0.829. The Morgan fingerprint density at radius 2 is 1.93 bits per heavy atom. The lowest BCUT2D eigenvalue weighted by Gasteiger charge is -2.26. The Balaban J connectivity index is 3.85. The van der Waals surface area contributed by atoms with E-state index in [0.29, 0.717) is 18.5 Å². The van der Waals surface area contributed by atoms with Gasteiger partial charge >= 0.3 is 0 Å². The van der Waals surface area contributed by atoms with Crippen LogP contribution in [0.3, 0.4) is 0 Å². The zero-order valence-electron chi connectivity index (χ0n) is 10.8. The molecular formula is C12H26N2O. The van der Waals surface area contributed by atoms with Gasteiger partial charge in [0, 0.05) is 13.1 Å². The summed E-state index contributed by atoms with van der Waals surface area (Å²) in [7, 11) is 1.89. The molecule has 0 aliphatic carbocycles. The third-order valence-electron chi connectivity index (χ3n) is 2.57. The summed E-state index contributed by atoms with van der Waals surface area (Å²) in [5, 5.41) is 3.13. The topological polar surface area (TPSA) is 32.3 Å². The van der Waals surface area contributed by atoms with Gasteiger partial charge in [-0.25, -0.2) is 0 Å². The van der Waals surface area contributed by atoms with Gasteiger partial charge in [-0.3, -0.25) is 4.79 Å². The van der Waals surface area contributed by atoms with Crippen LogP contribution in [-0.2, 0) is 4.79 Å². The predicted molar refractivity (Wildman–Crippen MR) is 64.8 cm³/mol. The van der Waals surface area contributed by atoms with E-state index >= 15 is 0 Å². The van der Waals surface area contributed by atoms with Crippen molar-refractivity contribution in [3.8, 4) is 0 Å². The fourth-order valence-corrected chi connectivity index (χ4v) is 1.58. The van der Waals surface area contributed by atoms with Crippen LogP contribution in [0.4, 0.5) is 0 Å². The van der Waals surface area contributed by atoms with E-state index < -0.39 is 0 Å². The number of nitrogens with one attached hydrogen (secondary N) is 1. The van der Waals surface area contributed by atoms with E-state index in [4.69, 9.17) is 0 Å². The van der Waals surface area contributed by atoms with E-state index in [2.05, 4.69) is 33.0 Å². The van der Waals surface area contributed by atoms with Crippen LogP contribution in [0.1, 0.15) is 40.5 Å². The summed E-state index contributed by atoms with van der Waals surface area (Å²) in [6.45, 7) is 9.96. The molecule has 0 aromatic heterocycles. The number of amides is 1. The zero-order valence-corrected chi connectivity index (χ0v) is 10.8. The highest BCUT2D eigenvalue weighted by Crippen LogP contribution is 2.09. The van der Waals surface area contributed by atoms with Crippen molar-refractivity contribution in [2.45, 2.75) is 46.6 Å². The van der Waals surface area contributed by atoms with Gasteiger partial charge in [-0.15, -0.1) is 0 Å². The molecule has 0 aromatic rings. The van der Waals surface area contributed by atoms with Crippen LogP contribution in [0.5, 0.6) is 0 Å². The maximum atomic E-state index is 11.7. The molecule has 0 heterocycles. The highest BCUT2D eigenvalue weighted by atomic mass is 16.2. The van der Waals surface area contributed by atoms with Crippen LogP contribution in [0.15, 0.2) is 0 Å². The number of carbonyl (C=O) groups is 1. The normalized spacial score (nSPS) is 12.9. The van der Waals surface area contributed by atoms with Crippen LogP contribution in [0.2, 0.25) is 0 Å². The molecule has 3 nitrogen and oxygen atoms in total. The molecule has 3 heteroatoms. The number of hydrogen-bond donors (Lipinski definition) is 1. The van der Waals surface area contributed by atoms with E-state index in [0.717, 1.165) is 19.4 Å². The summed E-state index contributed by atoms with van der Waals surface area (Å²) in [4.78, 5) is 13.6.